The molecule has 13 heteroatoms. The lowest BCUT2D eigenvalue weighted by Gasteiger charge is -2.20. The fourth-order valence-electron chi connectivity index (χ4n) is 3.67. The van der Waals surface area contributed by atoms with Crippen LogP contribution in [0.1, 0.15) is 21.3 Å². The van der Waals surface area contributed by atoms with Gasteiger partial charge in [-0.3, -0.25) is 14.4 Å². The summed E-state index contributed by atoms with van der Waals surface area (Å²) in [5, 5.41) is 14.5. The highest BCUT2D eigenvalue weighted by Crippen LogP contribution is 2.32. The lowest BCUT2D eigenvalue weighted by molar-refractivity contribution is -0.192. The number of carbonyl (C=O) groups excluding carboxylic acids is 1. The van der Waals surface area contributed by atoms with Gasteiger partial charge in [-0.05, 0) is 18.8 Å². The molecule has 2 aromatic rings. The predicted octanol–water partition coefficient (Wildman–Crippen LogP) is 1.42. The second-order valence-electron chi connectivity index (χ2n) is 7.33. The number of hydrogen-bond donors (Lipinski definition) is 1. The normalized spacial score (nSPS) is 21.3. The molecule has 0 radical (unpaired) electrons. The second-order valence-corrected chi connectivity index (χ2v) is 8.39. The van der Waals surface area contributed by atoms with Crippen LogP contribution >= 0.6 is 11.3 Å². The minimum atomic E-state index is -5.08. The van der Waals surface area contributed by atoms with Gasteiger partial charge in [0.2, 0.25) is 5.82 Å². The van der Waals surface area contributed by atoms with Crippen LogP contribution < -0.4 is 0 Å². The molecule has 2 saturated heterocycles. The summed E-state index contributed by atoms with van der Waals surface area (Å²) < 4.78 is 33.3. The molecule has 0 aliphatic carbocycles. The van der Waals surface area contributed by atoms with Crippen LogP contribution in [0.3, 0.4) is 0 Å². The minimum Gasteiger partial charge on any atom is -0.475 e. The third-order valence-corrected chi connectivity index (χ3v) is 5.76. The zero-order chi connectivity index (χ0) is 22.1. The maximum atomic E-state index is 12.4. The zero-order valence-corrected chi connectivity index (χ0v) is 17.2. The molecule has 0 bridgehead atoms. The highest BCUT2D eigenvalue weighted by Gasteiger charge is 2.42. The van der Waals surface area contributed by atoms with Crippen molar-refractivity contribution in [3.05, 3.63) is 28.2 Å². The van der Waals surface area contributed by atoms with E-state index in [1.54, 1.807) is 29.4 Å². The van der Waals surface area contributed by atoms with E-state index in [1.165, 1.54) is 0 Å². The van der Waals surface area contributed by atoms with E-state index in [2.05, 4.69) is 25.3 Å². The van der Waals surface area contributed by atoms with Crippen molar-refractivity contribution in [3.8, 4) is 0 Å². The highest BCUT2D eigenvalue weighted by atomic mass is 32.1. The number of carboxylic acids is 1. The van der Waals surface area contributed by atoms with Crippen molar-refractivity contribution in [3.63, 3.8) is 0 Å². The van der Waals surface area contributed by atoms with Crippen LogP contribution in [-0.4, -0.2) is 78.9 Å². The van der Waals surface area contributed by atoms with Crippen LogP contribution in [0.15, 0.2) is 11.7 Å². The molecule has 0 aromatic carbocycles. The van der Waals surface area contributed by atoms with E-state index in [0.717, 1.165) is 43.4 Å². The molecule has 4 heterocycles. The van der Waals surface area contributed by atoms with Gasteiger partial charge in [-0.25, -0.2) is 14.8 Å². The van der Waals surface area contributed by atoms with Crippen LogP contribution in [0.2, 0.25) is 0 Å². The number of hydrogen-bond acceptors (Lipinski definition) is 7. The number of aryl methyl sites for hydroxylation is 2. The van der Waals surface area contributed by atoms with Crippen LogP contribution in [0.4, 0.5) is 13.2 Å². The molecule has 0 saturated carbocycles. The van der Waals surface area contributed by atoms with Crippen molar-refractivity contribution in [2.24, 2.45) is 18.9 Å². The SMILES string of the molecule is Cc1nc(CN2CC3CN(C(=O)c4ncn(C)n4)CC3C2)cs1.O=C(O)C(F)(F)F. The topological polar surface area (TPSA) is 104 Å². The van der Waals surface area contributed by atoms with E-state index < -0.39 is 12.1 Å². The summed E-state index contributed by atoms with van der Waals surface area (Å²) in [4.78, 5) is 34.3. The van der Waals surface area contributed by atoms with Gasteiger partial charge in [0.25, 0.3) is 5.91 Å². The number of fused-ring (bicyclic) bond motifs is 1. The largest absolute Gasteiger partial charge is 0.490 e. The number of aromatic nitrogens is 4. The maximum Gasteiger partial charge on any atom is 0.490 e. The number of alkyl halides is 3. The van der Waals surface area contributed by atoms with E-state index in [0.29, 0.717) is 17.7 Å². The number of nitrogens with zero attached hydrogens (tertiary/aromatic N) is 6. The molecule has 2 aromatic heterocycles. The van der Waals surface area contributed by atoms with Gasteiger partial charge in [0.15, 0.2) is 0 Å². The Morgan fingerprint density at radius 2 is 1.83 bits per heavy atom. The van der Waals surface area contributed by atoms with Gasteiger partial charge in [-0.1, -0.05) is 0 Å². The monoisotopic (exact) mass is 446 g/mol. The summed E-state index contributed by atoms with van der Waals surface area (Å²) in [5.41, 5.74) is 1.16. The number of rotatable bonds is 3. The quantitative estimate of drug-likeness (QED) is 0.760. The lowest BCUT2D eigenvalue weighted by Crippen LogP contribution is -2.33. The lowest BCUT2D eigenvalue weighted by atomic mass is 10.0. The first kappa shape index (κ1) is 22.2. The van der Waals surface area contributed by atoms with Crippen molar-refractivity contribution < 1.29 is 27.9 Å². The van der Waals surface area contributed by atoms with E-state index in [4.69, 9.17) is 9.90 Å². The van der Waals surface area contributed by atoms with Gasteiger partial charge in [-0.2, -0.15) is 13.2 Å². The standard InChI is InChI=1S/C15H20N6OS.C2HF3O2/c1-10-17-13(8-23-10)7-20-3-11-5-21(6-12(11)4-20)15(22)14-16-9-19(2)18-14;3-2(4,5)1(6)7/h8-9,11-12H,3-7H2,1-2H3;(H,6,7). The summed E-state index contributed by atoms with van der Waals surface area (Å²) >= 11 is 1.71. The van der Waals surface area contributed by atoms with Crippen LogP contribution in [0.25, 0.3) is 0 Å². The first-order valence-electron chi connectivity index (χ1n) is 9.11. The van der Waals surface area contributed by atoms with Crippen molar-refractivity contribution in [1.82, 2.24) is 29.5 Å². The number of halogens is 3. The number of amides is 1. The summed E-state index contributed by atoms with van der Waals surface area (Å²) in [6, 6.07) is 0. The van der Waals surface area contributed by atoms with Crippen LogP contribution in [-0.2, 0) is 18.4 Å². The fraction of sp³-hybridized carbons (Fsp3) is 0.588. The Kier molecular flexibility index (Phi) is 6.41. The molecule has 2 aliphatic heterocycles. The Bertz CT molecular complexity index is 901. The molecule has 1 N–H and O–H groups in total. The average molecular weight is 446 g/mol. The third-order valence-electron chi connectivity index (χ3n) is 4.93. The Morgan fingerprint density at radius 3 is 2.27 bits per heavy atom. The zero-order valence-electron chi connectivity index (χ0n) is 16.3. The van der Waals surface area contributed by atoms with Crippen molar-refractivity contribution in [1.29, 1.82) is 0 Å². The van der Waals surface area contributed by atoms with E-state index in [1.807, 2.05) is 11.8 Å². The van der Waals surface area contributed by atoms with Gasteiger partial charge in [-0.15, -0.1) is 16.4 Å². The highest BCUT2D eigenvalue weighted by molar-refractivity contribution is 7.09. The van der Waals surface area contributed by atoms with E-state index >= 15 is 0 Å². The average Bonchev–Trinajstić information content (AvgIpc) is 3.39. The number of thiazole rings is 1. The first-order chi connectivity index (χ1) is 14.0. The Labute approximate surface area is 174 Å². The first-order valence-corrected chi connectivity index (χ1v) is 9.99. The number of carboxylic acid groups (broad SMARTS) is 1. The molecule has 2 aliphatic rings. The Hall–Kier alpha value is -2.54. The molecular weight excluding hydrogens is 425 g/mol. The Morgan fingerprint density at radius 1 is 1.23 bits per heavy atom. The maximum absolute atomic E-state index is 12.4. The molecule has 4 rings (SSSR count). The Balaban J connectivity index is 0.000000318. The third kappa shape index (κ3) is 5.33. The fourth-order valence-corrected chi connectivity index (χ4v) is 4.28. The summed E-state index contributed by atoms with van der Waals surface area (Å²) in [6.07, 6.45) is -3.51. The molecule has 0 spiro atoms. The summed E-state index contributed by atoms with van der Waals surface area (Å²) in [7, 11) is 1.78. The van der Waals surface area contributed by atoms with Gasteiger partial charge in [0.05, 0.1) is 10.7 Å². The number of likely N-dealkylation sites (tertiary alicyclic amines) is 2. The van der Waals surface area contributed by atoms with Gasteiger partial charge < -0.3 is 10.0 Å². The van der Waals surface area contributed by atoms with Crippen molar-refractivity contribution in [2.75, 3.05) is 26.2 Å². The number of aliphatic carboxylic acids is 1. The molecule has 30 heavy (non-hydrogen) atoms. The molecule has 2 unspecified atom stereocenters. The molecule has 9 nitrogen and oxygen atoms in total. The van der Waals surface area contributed by atoms with Crippen LogP contribution in [0, 0.1) is 18.8 Å². The molecule has 164 valence electrons. The van der Waals surface area contributed by atoms with Crippen molar-refractivity contribution >= 4 is 23.2 Å². The second kappa shape index (κ2) is 8.68. The molecule has 1 amide bonds. The predicted molar refractivity (Wildman–Crippen MR) is 99.7 cm³/mol. The smallest absolute Gasteiger partial charge is 0.475 e. The summed E-state index contributed by atoms with van der Waals surface area (Å²) in [5.74, 6) is -1.37. The minimum absolute atomic E-state index is 0.0401. The molecular formula is C17H21F3N6O3S. The van der Waals surface area contributed by atoms with E-state index in [-0.39, 0.29) is 5.91 Å². The van der Waals surface area contributed by atoms with Crippen molar-refractivity contribution in [2.45, 2.75) is 19.6 Å². The number of carbonyl (C=O) groups is 2. The summed E-state index contributed by atoms with van der Waals surface area (Å²) in [6.45, 7) is 6.68. The van der Waals surface area contributed by atoms with Gasteiger partial charge in [0, 0.05) is 45.2 Å². The van der Waals surface area contributed by atoms with Crippen LogP contribution in [0.5, 0.6) is 0 Å². The van der Waals surface area contributed by atoms with Gasteiger partial charge >= 0.3 is 12.1 Å². The van der Waals surface area contributed by atoms with E-state index in [9.17, 15) is 18.0 Å². The molecule has 2 atom stereocenters. The molecule has 2 fully saturated rings. The van der Waals surface area contributed by atoms with Gasteiger partial charge in [0.1, 0.15) is 6.33 Å².